The number of ether oxygens (including phenoxy) is 1. The molecule has 2 aromatic carbocycles. The van der Waals surface area contributed by atoms with Gasteiger partial charge in [0.25, 0.3) is 0 Å². The van der Waals surface area contributed by atoms with E-state index in [1.165, 1.54) is 0 Å². The van der Waals surface area contributed by atoms with Gasteiger partial charge in [0.15, 0.2) is 0 Å². The molecule has 0 bridgehead atoms. The molecular weight excluding hydrogens is 402 g/mol. The molecule has 6 nitrogen and oxygen atoms in total. The molecule has 0 aliphatic carbocycles. The minimum atomic E-state index is -0.599. The predicted molar refractivity (Wildman–Crippen MR) is 120 cm³/mol. The third-order valence-corrected chi connectivity index (χ3v) is 5.25. The highest BCUT2D eigenvalue weighted by Crippen LogP contribution is 2.14. The third kappa shape index (κ3) is 7.04. The highest BCUT2D eigenvalue weighted by Gasteiger charge is 2.26. The van der Waals surface area contributed by atoms with Gasteiger partial charge >= 0.3 is 0 Å². The monoisotopic (exact) mass is 431 g/mol. The maximum Gasteiger partial charge on any atom is 0.243 e. The van der Waals surface area contributed by atoms with Crippen molar-refractivity contribution in [3.05, 3.63) is 65.7 Å². The summed E-state index contributed by atoms with van der Waals surface area (Å²) in [5.41, 5.74) is 1.99. The molecule has 1 saturated heterocycles. The molecule has 3 rings (SSSR count). The molecule has 1 aliphatic rings. The van der Waals surface area contributed by atoms with Crippen LogP contribution in [0.1, 0.15) is 24.0 Å². The first-order chi connectivity index (χ1) is 14.2. The van der Waals surface area contributed by atoms with Crippen molar-refractivity contribution in [1.29, 1.82) is 0 Å². The number of methoxy groups -OCH3 is 1. The Balaban J connectivity index is 0.00000320. The summed E-state index contributed by atoms with van der Waals surface area (Å²) in [6.07, 6.45) is 2.07. The molecule has 3 N–H and O–H groups in total. The highest BCUT2D eigenvalue weighted by atomic mass is 35.5. The fraction of sp³-hybridized carbons (Fsp3) is 0.391. The first-order valence-corrected chi connectivity index (χ1v) is 10.1. The van der Waals surface area contributed by atoms with Crippen molar-refractivity contribution in [2.75, 3.05) is 20.2 Å². The number of nitrogens with one attached hydrogen (secondary N) is 3. The molecule has 30 heavy (non-hydrogen) atoms. The fourth-order valence-electron chi connectivity index (χ4n) is 3.49. The molecule has 1 atom stereocenters. The van der Waals surface area contributed by atoms with Gasteiger partial charge in [0, 0.05) is 18.9 Å². The minimum Gasteiger partial charge on any atom is -0.497 e. The summed E-state index contributed by atoms with van der Waals surface area (Å²) in [7, 11) is 1.62. The quantitative estimate of drug-likeness (QED) is 0.600. The SMILES string of the molecule is COc1ccc(CNC(=O)C(Cc2ccccc2)NC(=O)C2CCNCC2)cc1.Cl. The topological polar surface area (TPSA) is 79.5 Å². The number of carbonyl (C=O) groups excluding carboxylic acids is 2. The van der Waals surface area contributed by atoms with Crippen LogP contribution in [0.3, 0.4) is 0 Å². The zero-order valence-corrected chi connectivity index (χ0v) is 18.0. The number of amides is 2. The zero-order chi connectivity index (χ0) is 20.5. The van der Waals surface area contributed by atoms with Crippen molar-refractivity contribution in [1.82, 2.24) is 16.0 Å². The van der Waals surface area contributed by atoms with Gasteiger partial charge in [-0.2, -0.15) is 0 Å². The molecule has 1 fully saturated rings. The van der Waals surface area contributed by atoms with Gasteiger partial charge in [0.05, 0.1) is 7.11 Å². The Morgan fingerprint density at radius 1 is 1.03 bits per heavy atom. The van der Waals surface area contributed by atoms with Crippen LogP contribution in [-0.4, -0.2) is 38.1 Å². The van der Waals surface area contributed by atoms with E-state index in [0.717, 1.165) is 42.8 Å². The molecular formula is C23H30ClN3O3. The van der Waals surface area contributed by atoms with Crippen LogP contribution in [0.4, 0.5) is 0 Å². The smallest absolute Gasteiger partial charge is 0.243 e. The number of hydrogen-bond acceptors (Lipinski definition) is 4. The van der Waals surface area contributed by atoms with Crippen molar-refractivity contribution in [2.45, 2.75) is 31.8 Å². The Hall–Kier alpha value is -2.57. The van der Waals surface area contributed by atoms with Crippen molar-refractivity contribution in [3.63, 3.8) is 0 Å². The van der Waals surface area contributed by atoms with Crippen LogP contribution < -0.4 is 20.7 Å². The molecule has 162 valence electrons. The summed E-state index contributed by atoms with van der Waals surface area (Å²) in [5.74, 6) is 0.527. The Labute approximate surface area is 184 Å². The molecule has 0 aromatic heterocycles. The first-order valence-electron chi connectivity index (χ1n) is 10.1. The summed E-state index contributed by atoms with van der Waals surface area (Å²) < 4.78 is 5.16. The van der Waals surface area contributed by atoms with E-state index in [1.54, 1.807) is 7.11 Å². The van der Waals surface area contributed by atoms with Crippen LogP contribution in [0, 0.1) is 5.92 Å². The second-order valence-electron chi connectivity index (χ2n) is 7.34. The van der Waals surface area contributed by atoms with Crippen LogP contribution in [-0.2, 0) is 22.6 Å². The lowest BCUT2D eigenvalue weighted by molar-refractivity contribution is -0.131. The predicted octanol–water partition coefficient (Wildman–Crippen LogP) is 2.46. The Bertz CT molecular complexity index is 793. The van der Waals surface area contributed by atoms with E-state index in [-0.39, 0.29) is 30.1 Å². The second-order valence-corrected chi connectivity index (χ2v) is 7.34. The maximum atomic E-state index is 12.9. The van der Waals surface area contributed by atoms with E-state index in [1.807, 2.05) is 54.6 Å². The van der Waals surface area contributed by atoms with Crippen molar-refractivity contribution in [2.24, 2.45) is 5.92 Å². The van der Waals surface area contributed by atoms with Crippen LogP contribution >= 0.6 is 12.4 Å². The van der Waals surface area contributed by atoms with Gasteiger partial charge in [-0.3, -0.25) is 9.59 Å². The van der Waals surface area contributed by atoms with Gasteiger partial charge in [0.1, 0.15) is 11.8 Å². The number of piperidine rings is 1. The van der Waals surface area contributed by atoms with E-state index in [0.29, 0.717) is 13.0 Å². The van der Waals surface area contributed by atoms with E-state index in [2.05, 4.69) is 16.0 Å². The number of hydrogen-bond donors (Lipinski definition) is 3. The average Bonchev–Trinajstić information content (AvgIpc) is 2.78. The third-order valence-electron chi connectivity index (χ3n) is 5.25. The van der Waals surface area contributed by atoms with Crippen molar-refractivity contribution >= 4 is 24.2 Å². The minimum absolute atomic E-state index is 0. The van der Waals surface area contributed by atoms with E-state index in [9.17, 15) is 9.59 Å². The molecule has 1 unspecified atom stereocenters. The summed E-state index contributed by atoms with van der Waals surface area (Å²) >= 11 is 0. The van der Waals surface area contributed by atoms with Crippen LogP contribution in [0.15, 0.2) is 54.6 Å². The number of carbonyl (C=O) groups is 2. The van der Waals surface area contributed by atoms with Gasteiger partial charge in [-0.25, -0.2) is 0 Å². The summed E-state index contributed by atoms with van der Waals surface area (Å²) in [4.78, 5) is 25.6. The van der Waals surface area contributed by atoms with Crippen LogP contribution in [0.25, 0.3) is 0 Å². The van der Waals surface area contributed by atoms with Crippen LogP contribution in [0.5, 0.6) is 5.75 Å². The zero-order valence-electron chi connectivity index (χ0n) is 17.2. The van der Waals surface area contributed by atoms with Crippen molar-refractivity contribution in [3.8, 4) is 5.75 Å². The first kappa shape index (κ1) is 23.7. The molecule has 0 saturated carbocycles. The molecule has 2 aromatic rings. The van der Waals surface area contributed by atoms with Gasteiger partial charge < -0.3 is 20.7 Å². The van der Waals surface area contributed by atoms with E-state index < -0.39 is 6.04 Å². The maximum absolute atomic E-state index is 12.9. The van der Waals surface area contributed by atoms with E-state index >= 15 is 0 Å². The lowest BCUT2D eigenvalue weighted by atomic mass is 9.96. The Morgan fingerprint density at radius 3 is 2.33 bits per heavy atom. The molecule has 1 heterocycles. The van der Waals surface area contributed by atoms with Gasteiger partial charge in [-0.1, -0.05) is 42.5 Å². The summed E-state index contributed by atoms with van der Waals surface area (Å²) in [6, 6.07) is 16.7. The molecule has 0 spiro atoms. The Morgan fingerprint density at radius 2 is 1.70 bits per heavy atom. The summed E-state index contributed by atoms with van der Waals surface area (Å²) in [5, 5.41) is 9.21. The van der Waals surface area contributed by atoms with Crippen molar-refractivity contribution < 1.29 is 14.3 Å². The molecule has 7 heteroatoms. The normalized spacial score (nSPS) is 14.8. The number of rotatable bonds is 8. The molecule has 2 amide bonds. The van der Waals surface area contributed by atoms with Gasteiger partial charge in [0.2, 0.25) is 11.8 Å². The lowest BCUT2D eigenvalue weighted by Gasteiger charge is -2.25. The largest absolute Gasteiger partial charge is 0.497 e. The van der Waals surface area contributed by atoms with Crippen LogP contribution in [0.2, 0.25) is 0 Å². The molecule has 0 radical (unpaired) electrons. The summed E-state index contributed by atoms with van der Waals surface area (Å²) in [6.45, 7) is 2.08. The van der Waals surface area contributed by atoms with E-state index in [4.69, 9.17) is 4.74 Å². The number of halogens is 1. The molecule has 1 aliphatic heterocycles. The fourth-order valence-corrected chi connectivity index (χ4v) is 3.49. The standard InChI is InChI=1S/C23H29N3O3.ClH/c1-29-20-9-7-18(8-10-20)16-25-23(28)21(15-17-5-3-2-4-6-17)26-22(27)19-11-13-24-14-12-19;/h2-10,19,21,24H,11-16H2,1H3,(H,25,28)(H,26,27);1H. The average molecular weight is 432 g/mol. The van der Waals surface area contributed by atoms with Gasteiger partial charge in [-0.15, -0.1) is 12.4 Å². The number of benzene rings is 2. The lowest BCUT2D eigenvalue weighted by Crippen LogP contribution is -2.50. The highest BCUT2D eigenvalue weighted by molar-refractivity contribution is 5.88. The van der Waals surface area contributed by atoms with Gasteiger partial charge in [-0.05, 0) is 49.2 Å². The Kier molecular flexibility index (Phi) is 9.64. The second kappa shape index (κ2) is 12.2.